The number of nitrogens with zero attached hydrogens (tertiary/aromatic N) is 1. The Morgan fingerprint density at radius 3 is 2.62 bits per heavy atom. The van der Waals surface area contributed by atoms with E-state index in [9.17, 15) is 14.0 Å². The molecule has 2 amide bonds. The molecule has 0 radical (unpaired) electrons. The maximum atomic E-state index is 14.3. The molecule has 3 rings (SSSR count). The van der Waals surface area contributed by atoms with Crippen LogP contribution in [0.1, 0.15) is 24.0 Å². The van der Waals surface area contributed by atoms with Gasteiger partial charge in [0.15, 0.2) is 0 Å². The predicted octanol–water partition coefficient (Wildman–Crippen LogP) is 3.06. The predicted molar refractivity (Wildman–Crippen MR) is 81.7 cm³/mol. The fourth-order valence-electron chi connectivity index (χ4n) is 2.60. The largest absolute Gasteiger partial charge is 0.369 e. The summed E-state index contributed by atoms with van der Waals surface area (Å²) in [7, 11) is 0. The Morgan fingerprint density at radius 1 is 1.29 bits per heavy atom. The van der Waals surface area contributed by atoms with Gasteiger partial charge in [0.25, 0.3) is 11.1 Å². The van der Waals surface area contributed by atoms with E-state index in [-0.39, 0.29) is 5.82 Å². The molecule has 2 aliphatic heterocycles. The minimum Gasteiger partial charge on any atom is -0.369 e. The molecular weight excluding hydrogens is 291 g/mol. The average Bonchev–Trinajstić information content (AvgIpc) is 3.04. The van der Waals surface area contributed by atoms with Gasteiger partial charge in [-0.2, -0.15) is 0 Å². The van der Waals surface area contributed by atoms with Gasteiger partial charge >= 0.3 is 0 Å². The first kappa shape index (κ1) is 14.1. The zero-order valence-electron chi connectivity index (χ0n) is 11.6. The van der Waals surface area contributed by atoms with Gasteiger partial charge in [-0.3, -0.25) is 14.9 Å². The van der Waals surface area contributed by atoms with Crippen LogP contribution in [0.15, 0.2) is 17.0 Å². The van der Waals surface area contributed by atoms with Crippen molar-refractivity contribution in [2.45, 2.75) is 19.8 Å². The number of imide groups is 1. The van der Waals surface area contributed by atoms with Crippen molar-refractivity contribution in [3.05, 3.63) is 34.0 Å². The van der Waals surface area contributed by atoms with E-state index in [0.29, 0.717) is 16.2 Å². The molecule has 21 heavy (non-hydrogen) atoms. The summed E-state index contributed by atoms with van der Waals surface area (Å²) in [5.41, 5.74) is 2.13. The third-order valence-corrected chi connectivity index (χ3v) is 4.52. The minimum atomic E-state index is -0.423. The number of anilines is 1. The van der Waals surface area contributed by atoms with Gasteiger partial charge in [-0.05, 0) is 60.9 Å². The molecule has 2 fully saturated rings. The Hall–Kier alpha value is -1.82. The van der Waals surface area contributed by atoms with Gasteiger partial charge in [0.05, 0.1) is 10.6 Å². The van der Waals surface area contributed by atoms with Gasteiger partial charge < -0.3 is 4.90 Å². The van der Waals surface area contributed by atoms with Gasteiger partial charge in [0.1, 0.15) is 5.82 Å². The van der Waals surface area contributed by atoms with E-state index < -0.39 is 11.1 Å². The van der Waals surface area contributed by atoms with Crippen molar-refractivity contribution in [2.24, 2.45) is 0 Å². The number of hydrogen-bond donors (Lipinski definition) is 1. The van der Waals surface area contributed by atoms with Crippen molar-refractivity contribution < 1.29 is 14.0 Å². The Morgan fingerprint density at radius 2 is 2.00 bits per heavy atom. The second-order valence-electron chi connectivity index (χ2n) is 5.21. The topological polar surface area (TPSA) is 49.4 Å². The lowest BCUT2D eigenvalue weighted by molar-refractivity contribution is -0.115. The molecule has 0 aromatic heterocycles. The molecule has 0 saturated carbocycles. The Kier molecular flexibility index (Phi) is 3.71. The summed E-state index contributed by atoms with van der Waals surface area (Å²) in [6.45, 7) is 3.64. The monoisotopic (exact) mass is 306 g/mol. The zero-order chi connectivity index (χ0) is 15.0. The van der Waals surface area contributed by atoms with E-state index in [1.165, 1.54) is 6.07 Å². The molecule has 6 heteroatoms. The van der Waals surface area contributed by atoms with Crippen LogP contribution in [0.25, 0.3) is 6.08 Å². The SMILES string of the molecule is Cc1cc(N2CCCC2)c(F)cc1C=C1SC(=O)NC1=O. The highest BCUT2D eigenvalue weighted by Crippen LogP contribution is 2.30. The number of amides is 2. The lowest BCUT2D eigenvalue weighted by atomic mass is 10.1. The third-order valence-electron chi connectivity index (χ3n) is 3.71. The quantitative estimate of drug-likeness (QED) is 0.853. The summed E-state index contributed by atoms with van der Waals surface area (Å²) >= 11 is 0.841. The second kappa shape index (κ2) is 5.52. The Bertz CT molecular complexity index is 651. The number of rotatable bonds is 2. The molecule has 2 heterocycles. The fourth-order valence-corrected chi connectivity index (χ4v) is 3.27. The number of carbonyl (C=O) groups is 2. The maximum Gasteiger partial charge on any atom is 0.290 e. The van der Waals surface area contributed by atoms with Gasteiger partial charge in [0.2, 0.25) is 0 Å². The first-order chi connectivity index (χ1) is 10.0. The van der Waals surface area contributed by atoms with Gasteiger partial charge in [-0.1, -0.05) is 0 Å². The molecule has 1 N–H and O–H groups in total. The smallest absolute Gasteiger partial charge is 0.290 e. The number of aryl methyl sites for hydroxylation is 1. The third kappa shape index (κ3) is 2.81. The number of nitrogens with one attached hydrogen (secondary N) is 1. The van der Waals surface area contributed by atoms with Crippen molar-refractivity contribution in [3.8, 4) is 0 Å². The average molecular weight is 306 g/mol. The molecule has 0 aliphatic carbocycles. The van der Waals surface area contributed by atoms with E-state index in [1.807, 2.05) is 17.9 Å². The van der Waals surface area contributed by atoms with Crippen LogP contribution in [-0.4, -0.2) is 24.2 Å². The lowest BCUT2D eigenvalue weighted by Crippen LogP contribution is -2.19. The van der Waals surface area contributed by atoms with E-state index in [1.54, 1.807) is 6.08 Å². The standard InChI is InChI=1S/C15H15FN2O2S/c1-9-6-12(18-4-2-3-5-18)11(16)7-10(9)8-13-14(19)17-15(20)21-13/h6-8H,2-5H2,1H3,(H,17,19,20). The van der Waals surface area contributed by atoms with Crippen molar-refractivity contribution in [3.63, 3.8) is 0 Å². The highest BCUT2D eigenvalue weighted by atomic mass is 32.2. The molecule has 4 nitrogen and oxygen atoms in total. The van der Waals surface area contributed by atoms with Crippen LogP contribution in [0, 0.1) is 12.7 Å². The number of benzene rings is 1. The molecule has 0 unspecified atom stereocenters. The van der Waals surface area contributed by atoms with Crippen molar-refractivity contribution in [1.29, 1.82) is 0 Å². The highest BCUT2D eigenvalue weighted by molar-refractivity contribution is 8.18. The Labute approximate surface area is 126 Å². The van der Waals surface area contributed by atoms with E-state index in [2.05, 4.69) is 5.32 Å². The van der Waals surface area contributed by atoms with E-state index >= 15 is 0 Å². The zero-order valence-corrected chi connectivity index (χ0v) is 12.4. The number of thioether (sulfide) groups is 1. The first-order valence-corrected chi connectivity index (χ1v) is 7.66. The van der Waals surface area contributed by atoms with Crippen LogP contribution in [0.3, 0.4) is 0 Å². The molecule has 0 atom stereocenters. The number of hydrogen-bond acceptors (Lipinski definition) is 4. The van der Waals surface area contributed by atoms with Crippen molar-refractivity contribution in [2.75, 3.05) is 18.0 Å². The molecule has 2 saturated heterocycles. The van der Waals surface area contributed by atoms with Crippen molar-refractivity contribution >= 4 is 34.7 Å². The molecule has 110 valence electrons. The summed E-state index contributed by atoms with van der Waals surface area (Å²) in [4.78, 5) is 25.0. The van der Waals surface area contributed by atoms with Crippen molar-refractivity contribution in [1.82, 2.24) is 5.32 Å². The van der Waals surface area contributed by atoms with Gasteiger partial charge in [0, 0.05) is 13.1 Å². The molecule has 1 aromatic rings. The van der Waals surface area contributed by atoms with Crippen LogP contribution in [0.5, 0.6) is 0 Å². The summed E-state index contributed by atoms with van der Waals surface area (Å²) in [5, 5.41) is 1.80. The summed E-state index contributed by atoms with van der Waals surface area (Å²) in [6, 6.07) is 3.25. The summed E-state index contributed by atoms with van der Waals surface area (Å²) < 4.78 is 14.3. The molecular formula is C15H15FN2O2S. The van der Waals surface area contributed by atoms with Crippen LogP contribution >= 0.6 is 11.8 Å². The van der Waals surface area contributed by atoms with Crippen LogP contribution in [0.4, 0.5) is 14.9 Å². The maximum absolute atomic E-state index is 14.3. The molecule has 0 spiro atoms. The van der Waals surface area contributed by atoms with Gasteiger partial charge in [-0.25, -0.2) is 4.39 Å². The normalized spacial score (nSPS) is 20.5. The van der Waals surface area contributed by atoms with E-state index in [4.69, 9.17) is 0 Å². The lowest BCUT2D eigenvalue weighted by Gasteiger charge is -2.19. The fraction of sp³-hybridized carbons (Fsp3) is 0.333. The first-order valence-electron chi connectivity index (χ1n) is 6.84. The molecule has 0 bridgehead atoms. The summed E-state index contributed by atoms with van der Waals surface area (Å²) in [6.07, 6.45) is 3.74. The van der Waals surface area contributed by atoms with Crippen LogP contribution < -0.4 is 10.2 Å². The van der Waals surface area contributed by atoms with E-state index in [0.717, 1.165) is 43.3 Å². The Balaban J connectivity index is 1.94. The molecule has 2 aliphatic rings. The summed E-state index contributed by atoms with van der Waals surface area (Å²) in [5.74, 6) is -0.711. The minimum absolute atomic E-state index is 0.288. The highest BCUT2D eigenvalue weighted by Gasteiger charge is 2.25. The number of halogens is 1. The van der Waals surface area contributed by atoms with Crippen LogP contribution in [0.2, 0.25) is 0 Å². The second-order valence-corrected chi connectivity index (χ2v) is 6.22. The van der Waals surface area contributed by atoms with Gasteiger partial charge in [-0.15, -0.1) is 0 Å². The number of carbonyl (C=O) groups excluding carboxylic acids is 2. The van der Waals surface area contributed by atoms with Crippen LogP contribution in [-0.2, 0) is 4.79 Å². The molecule has 1 aromatic carbocycles.